The molecule has 220 valence electrons. The molecule has 1 aromatic carbocycles. The van der Waals surface area contributed by atoms with E-state index in [4.69, 9.17) is 10.1 Å². The van der Waals surface area contributed by atoms with Gasteiger partial charge in [0.15, 0.2) is 5.65 Å². The predicted octanol–water partition coefficient (Wildman–Crippen LogP) is 3.59. The third-order valence-corrected chi connectivity index (χ3v) is 10.3. The number of rotatable bonds is 2. The fourth-order valence-corrected chi connectivity index (χ4v) is 7.92. The van der Waals surface area contributed by atoms with Crippen LogP contribution in [0.25, 0.3) is 5.65 Å². The number of aromatic nitrogens is 3. The Morgan fingerprint density at radius 2 is 1.68 bits per heavy atom. The number of halogens is 1. The lowest BCUT2D eigenvalue weighted by Gasteiger charge is -2.41. The maximum absolute atomic E-state index is 14.5. The van der Waals surface area contributed by atoms with Crippen LogP contribution < -0.4 is 14.5 Å². The van der Waals surface area contributed by atoms with Crippen LogP contribution in [0.15, 0.2) is 36.4 Å². The van der Waals surface area contributed by atoms with Crippen molar-refractivity contribution in [2.24, 2.45) is 0 Å². The molecule has 1 amide bonds. The summed E-state index contributed by atoms with van der Waals surface area (Å²) in [4.78, 5) is 25.6. The first kappa shape index (κ1) is 27.9. The number of piperidine rings is 1. The zero-order valence-electron chi connectivity index (χ0n) is 23.7. The van der Waals surface area contributed by atoms with Gasteiger partial charge in [-0.2, -0.15) is 14.3 Å². The van der Waals surface area contributed by atoms with Gasteiger partial charge in [-0.1, -0.05) is 12.1 Å². The quantitative estimate of drug-likeness (QED) is 0.492. The lowest BCUT2D eigenvalue weighted by molar-refractivity contribution is -0.141. The van der Waals surface area contributed by atoms with Gasteiger partial charge in [0.25, 0.3) is 0 Å². The molecule has 1 unspecified atom stereocenters. The number of benzene rings is 1. The summed E-state index contributed by atoms with van der Waals surface area (Å²) in [5.74, 6) is 0.865. The van der Waals surface area contributed by atoms with Crippen LogP contribution in [-0.4, -0.2) is 72.8 Å². The topological polar surface area (TPSA) is 103 Å². The summed E-state index contributed by atoms with van der Waals surface area (Å²) in [5.41, 5.74) is 0.260. The molecular weight excluding hydrogens is 545 g/mol. The minimum Gasteiger partial charge on any atom is -0.359 e. The maximum Gasteiger partial charge on any atom is 0.248 e. The van der Waals surface area contributed by atoms with Crippen molar-refractivity contribution in [3.8, 4) is 0 Å². The first-order chi connectivity index (χ1) is 19.6. The molecule has 0 aliphatic carbocycles. The van der Waals surface area contributed by atoms with Gasteiger partial charge in [0.1, 0.15) is 23.0 Å². The SMILES string of the molecule is CN1CCCCS(=O)(=O)NC(C)(c2ccc(F)cc2)C(=O)N2CCCC[C@H]2c2cc3nc(N4CCCC4)cc1n3n2. The average Bonchev–Trinajstić information content (AvgIpc) is 3.64. The normalized spacial score (nSPS) is 25.8. The van der Waals surface area contributed by atoms with E-state index in [-0.39, 0.29) is 17.7 Å². The fraction of sp³-hybridized carbons (Fsp3) is 0.552. The van der Waals surface area contributed by atoms with Crippen LogP contribution in [0, 0.1) is 5.82 Å². The molecule has 2 bridgehead atoms. The highest BCUT2D eigenvalue weighted by Gasteiger charge is 2.45. The van der Waals surface area contributed by atoms with Gasteiger partial charge in [-0.3, -0.25) is 4.79 Å². The van der Waals surface area contributed by atoms with E-state index in [1.54, 1.807) is 11.8 Å². The zero-order chi connectivity index (χ0) is 28.8. The Bertz CT molecular complexity index is 1540. The highest BCUT2D eigenvalue weighted by atomic mass is 32.2. The van der Waals surface area contributed by atoms with Gasteiger partial charge in [-0.25, -0.2) is 17.8 Å². The smallest absolute Gasteiger partial charge is 0.248 e. The molecular formula is C29H38FN7O3S. The largest absolute Gasteiger partial charge is 0.359 e. The molecule has 0 spiro atoms. The number of hydrogen-bond donors (Lipinski definition) is 1. The molecule has 3 aromatic rings. The highest BCUT2D eigenvalue weighted by molar-refractivity contribution is 7.89. The monoisotopic (exact) mass is 583 g/mol. The summed E-state index contributed by atoms with van der Waals surface area (Å²) in [6, 6.07) is 9.18. The minimum atomic E-state index is -3.84. The van der Waals surface area contributed by atoms with Crippen molar-refractivity contribution < 1.29 is 17.6 Å². The molecule has 12 heteroatoms. The van der Waals surface area contributed by atoms with Gasteiger partial charge < -0.3 is 14.7 Å². The molecule has 10 nitrogen and oxygen atoms in total. The van der Waals surface area contributed by atoms with Crippen LogP contribution in [-0.2, 0) is 20.4 Å². The molecule has 6 rings (SSSR count). The van der Waals surface area contributed by atoms with Gasteiger partial charge >= 0.3 is 0 Å². The van der Waals surface area contributed by atoms with E-state index in [0.29, 0.717) is 37.9 Å². The summed E-state index contributed by atoms with van der Waals surface area (Å²) >= 11 is 0. The Hall–Kier alpha value is -3.25. The number of nitrogens with zero attached hydrogens (tertiary/aromatic N) is 6. The summed E-state index contributed by atoms with van der Waals surface area (Å²) < 4.78 is 45.3. The van der Waals surface area contributed by atoms with Crippen molar-refractivity contribution >= 4 is 33.2 Å². The van der Waals surface area contributed by atoms with Gasteiger partial charge in [0.2, 0.25) is 15.9 Å². The molecule has 0 saturated carbocycles. The highest BCUT2D eigenvalue weighted by Crippen LogP contribution is 2.36. The van der Waals surface area contributed by atoms with E-state index < -0.39 is 21.4 Å². The van der Waals surface area contributed by atoms with Gasteiger partial charge in [0, 0.05) is 45.4 Å². The van der Waals surface area contributed by atoms with Crippen LogP contribution in [0.3, 0.4) is 0 Å². The number of sulfonamides is 1. The molecule has 0 radical (unpaired) electrons. The van der Waals surface area contributed by atoms with E-state index in [9.17, 15) is 17.6 Å². The molecule has 3 aliphatic rings. The van der Waals surface area contributed by atoms with Gasteiger partial charge in [-0.15, -0.1) is 0 Å². The first-order valence-corrected chi connectivity index (χ1v) is 16.3. The second-order valence-electron chi connectivity index (χ2n) is 11.7. The maximum atomic E-state index is 14.5. The third kappa shape index (κ3) is 5.39. The Balaban J connectivity index is 1.48. The first-order valence-electron chi connectivity index (χ1n) is 14.6. The van der Waals surface area contributed by atoms with Crippen molar-refractivity contribution in [2.75, 3.05) is 48.8 Å². The van der Waals surface area contributed by atoms with Crippen LogP contribution in [0.2, 0.25) is 0 Å². The predicted molar refractivity (Wildman–Crippen MR) is 156 cm³/mol. The average molecular weight is 584 g/mol. The molecule has 2 saturated heterocycles. The Morgan fingerprint density at radius 3 is 2.44 bits per heavy atom. The van der Waals surface area contributed by atoms with Crippen LogP contribution in [0.5, 0.6) is 0 Å². The Kier molecular flexibility index (Phi) is 7.39. The number of hydrogen-bond acceptors (Lipinski definition) is 7. The second kappa shape index (κ2) is 10.9. The minimum absolute atomic E-state index is 0.121. The third-order valence-electron chi connectivity index (χ3n) is 8.71. The number of carbonyl (C=O) groups excluding carboxylic acids is 1. The molecule has 2 atom stereocenters. The lowest BCUT2D eigenvalue weighted by Crippen LogP contribution is -2.57. The molecule has 5 heterocycles. The number of anilines is 2. The van der Waals surface area contributed by atoms with E-state index in [1.807, 2.05) is 17.6 Å². The summed E-state index contributed by atoms with van der Waals surface area (Å²) in [7, 11) is -1.85. The molecule has 1 N–H and O–H groups in total. The van der Waals surface area contributed by atoms with Gasteiger partial charge in [-0.05, 0) is 69.6 Å². The number of nitrogens with one attached hydrogen (secondary N) is 1. The fourth-order valence-electron chi connectivity index (χ4n) is 6.40. The van der Waals surface area contributed by atoms with Crippen molar-refractivity contribution in [1.82, 2.24) is 24.2 Å². The van der Waals surface area contributed by atoms with Crippen molar-refractivity contribution in [3.63, 3.8) is 0 Å². The van der Waals surface area contributed by atoms with E-state index >= 15 is 0 Å². The van der Waals surface area contributed by atoms with E-state index in [1.165, 1.54) is 24.3 Å². The van der Waals surface area contributed by atoms with E-state index in [0.717, 1.165) is 61.7 Å². The molecule has 2 fully saturated rings. The Morgan fingerprint density at radius 1 is 0.976 bits per heavy atom. The summed E-state index contributed by atoms with van der Waals surface area (Å²) in [6.45, 7) is 4.61. The second-order valence-corrected chi connectivity index (χ2v) is 13.5. The van der Waals surface area contributed by atoms with E-state index in [2.05, 4.69) is 20.6 Å². The van der Waals surface area contributed by atoms with Crippen LogP contribution >= 0.6 is 0 Å². The number of amides is 1. The molecule has 41 heavy (non-hydrogen) atoms. The van der Waals surface area contributed by atoms with Crippen molar-refractivity contribution in [1.29, 1.82) is 0 Å². The van der Waals surface area contributed by atoms with Crippen molar-refractivity contribution in [3.05, 3.63) is 53.5 Å². The molecule has 2 aromatic heterocycles. The van der Waals surface area contributed by atoms with Gasteiger partial charge in [0.05, 0.1) is 17.5 Å². The standard InChI is InChI=1S/C29H38FN7O3S/c1-29(21-10-12-22(30)13-11-21)28(38)36-17-4-3-9-24(36)23-19-26-31-25(35-15-5-6-16-35)20-27(37(26)32-23)34(2)14-7-8-18-41(39,40)33-29/h10-13,19-20,24,33H,3-9,14-18H2,1-2H3/t24-,29?/m0/s1. The van der Waals surface area contributed by atoms with Crippen LogP contribution in [0.4, 0.5) is 16.0 Å². The van der Waals surface area contributed by atoms with Crippen LogP contribution in [0.1, 0.15) is 69.2 Å². The number of carbonyl (C=O) groups is 1. The summed E-state index contributed by atoms with van der Waals surface area (Å²) in [5, 5.41) is 5.01. The Labute approximate surface area is 240 Å². The molecule has 3 aliphatic heterocycles. The number of fused-ring (bicyclic) bond motifs is 3. The van der Waals surface area contributed by atoms with Crippen molar-refractivity contribution in [2.45, 2.75) is 63.5 Å². The summed E-state index contributed by atoms with van der Waals surface area (Å²) in [6.07, 6.45) is 5.73. The lowest BCUT2D eigenvalue weighted by atomic mass is 9.89. The zero-order valence-corrected chi connectivity index (χ0v) is 24.5.